The molecule has 206 valence electrons. The van der Waals surface area contributed by atoms with Crippen molar-refractivity contribution in [2.24, 2.45) is 0 Å². The zero-order valence-electron chi connectivity index (χ0n) is 22.6. The number of aromatic amines is 1. The molecule has 2 aliphatic rings. The second-order valence-electron chi connectivity index (χ2n) is 10.3. The van der Waals surface area contributed by atoms with Gasteiger partial charge < -0.3 is 19.2 Å². The van der Waals surface area contributed by atoms with E-state index in [0.717, 1.165) is 85.0 Å². The first kappa shape index (κ1) is 27.0. The maximum absolute atomic E-state index is 12.6. The van der Waals surface area contributed by atoms with Gasteiger partial charge in [-0.3, -0.25) is 4.90 Å². The molecule has 0 amide bonds. The summed E-state index contributed by atoms with van der Waals surface area (Å²) in [7, 11) is -0.434. The number of fused-ring (bicyclic) bond motifs is 5. The van der Waals surface area contributed by atoms with Gasteiger partial charge in [0.1, 0.15) is 11.5 Å². The van der Waals surface area contributed by atoms with E-state index in [4.69, 9.17) is 14.2 Å². The molecule has 0 saturated carbocycles. The van der Waals surface area contributed by atoms with Crippen LogP contribution in [0.3, 0.4) is 0 Å². The third-order valence-corrected chi connectivity index (χ3v) is 9.34. The van der Waals surface area contributed by atoms with Gasteiger partial charge >= 0.3 is 0 Å². The molecule has 0 unspecified atom stereocenters. The van der Waals surface area contributed by atoms with Crippen molar-refractivity contribution in [3.05, 3.63) is 53.2 Å². The standard InChI is InChI=1S/C29H39N3O5S/c1-20-16-27(35-3)25(23-10-12-31-29(20)23)19-32-13-11-21-17-26(32)24-9-8-22(38(33,34)30-2)18-28(24)37-15-7-5-4-6-14-36-21/h8-10,12,16,18,21,26,30-31H,4-7,11,13-15,17,19H2,1-3H3/t21-,26-/m0/s1. The van der Waals surface area contributed by atoms with Crippen molar-refractivity contribution < 1.29 is 22.6 Å². The highest BCUT2D eigenvalue weighted by molar-refractivity contribution is 7.89. The summed E-state index contributed by atoms with van der Waals surface area (Å²) in [6, 6.07) is 9.52. The van der Waals surface area contributed by atoms with Crippen LogP contribution < -0.4 is 14.2 Å². The van der Waals surface area contributed by atoms with Gasteiger partial charge in [-0.05, 0) is 69.8 Å². The third-order valence-electron chi connectivity index (χ3n) is 7.93. The van der Waals surface area contributed by atoms with E-state index in [1.54, 1.807) is 19.2 Å². The molecule has 0 aliphatic carbocycles. The van der Waals surface area contributed by atoms with Crippen molar-refractivity contribution in [1.82, 2.24) is 14.6 Å². The molecule has 3 heterocycles. The monoisotopic (exact) mass is 541 g/mol. The van der Waals surface area contributed by atoms with E-state index in [0.29, 0.717) is 18.9 Å². The van der Waals surface area contributed by atoms with Crippen molar-refractivity contribution in [2.75, 3.05) is 33.9 Å². The molecule has 1 fully saturated rings. The molecule has 1 saturated heterocycles. The molecule has 2 aliphatic heterocycles. The van der Waals surface area contributed by atoms with E-state index in [1.807, 2.05) is 12.3 Å². The van der Waals surface area contributed by atoms with E-state index in [9.17, 15) is 8.42 Å². The molecular formula is C29H39N3O5S. The number of H-pyrrole nitrogens is 1. The molecule has 2 atom stereocenters. The molecule has 9 heteroatoms. The second kappa shape index (κ2) is 11.7. The Morgan fingerprint density at radius 1 is 1.13 bits per heavy atom. The van der Waals surface area contributed by atoms with Gasteiger partial charge in [0.25, 0.3) is 0 Å². The van der Waals surface area contributed by atoms with Crippen LogP contribution >= 0.6 is 0 Å². The predicted octanol–water partition coefficient (Wildman–Crippen LogP) is 5.07. The molecule has 3 aromatic rings. The summed E-state index contributed by atoms with van der Waals surface area (Å²) in [4.78, 5) is 6.06. The Hall–Kier alpha value is -2.59. The summed E-state index contributed by atoms with van der Waals surface area (Å²) < 4.78 is 46.1. The number of nitrogens with zero attached hydrogens (tertiary/aromatic N) is 1. The minimum absolute atomic E-state index is 0.0100. The molecule has 0 spiro atoms. The fraction of sp³-hybridized carbons (Fsp3) is 0.517. The van der Waals surface area contributed by atoms with Gasteiger partial charge in [0.2, 0.25) is 10.0 Å². The normalized spacial score (nSPS) is 21.6. The average molecular weight is 542 g/mol. The summed E-state index contributed by atoms with van der Waals surface area (Å²) >= 11 is 0. The van der Waals surface area contributed by atoms with E-state index >= 15 is 0 Å². The Labute approximate surface area is 225 Å². The number of methoxy groups -OCH3 is 1. The van der Waals surface area contributed by atoms with Gasteiger partial charge in [-0.1, -0.05) is 12.5 Å². The smallest absolute Gasteiger partial charge is 0.240 e. The van der Waals surface area contributed by atoms with Gasteiger partial charge in [0.05, 0.1) is 24.7 Å². The number of likely N-dealkylation sites (tertiary alicyclic amines) is 1. The van der Waals surface area contributed by atoms with Crippen LogP contribution in [0.5, 0.6) is 11.5 Å². The first-order valence-corrected chi connectivity index (χ1v) is 15.1. The van der Waals surface area contributed by atoms with Gasteiger partial charge in [-0.2, -0.15) is 0 Å². The van der Waals surface area contributed by atoms with Crippen molar-refractivity contribution in [3.63, 3.8) is 0 Å². The summed E-state index contributed by atoms with van der Waals surface area (Å²) in [5, 5.41) is 1.16. The SMILES string of the molecule is CNS(=O)(=O)c1ccc2c(c1)OCCCCCCO[C@H]1CCN(Cc3c(OC)cc(C)c4[nH]ccc34)[C@H]2C1. The second-order valence-corrected chi connectivity index (χ2v) is 12.2. The van der Waals surface area contributed by atoms with E-state index in [-0.39, 0.29) is 17.0 Å². The number of hydrogen-bond donors (Lipinski definition) is 2. The number of ether oxygens (including phenoxy) is 3. The third kappa shape index (κ3) is 5.57. The molecule has 5 rings (SSSR count). The summed E-state index contributed by atoms with van der Waals surface area (Å²) in [5.74, 6) is 1.52. The van der Waals surface area contributed by atoms with Crippen LogP contribution in [0, 0.1) is 6.92 Å². The average Bonchev–Trinajstić information content (AvgIpc) is 3.43. The van der Waals surface area contributed by atoms with Crippen LogP contribution in [0.4, 0.5) is 0 Å². The number of rotatable bonds is 5. The summed E-state index contributed by atoms with van der Waals surface area (Å²) in [6.45, 7) is 4.98. The molecule has 2 bridgehead atoms. The Bertz CT molecular complexity index is 1370. The fourth-order valence-corrected chi connectivity index (χ4v) is 6.56. The number of sulfonamides is 1. The largest absolute Gasteiger partial charge is 0.496 e. The quantitative estimate of drug-likeness (QED) is 0.469. The van der Waals surface area contributed by atoms with Crippen molar-refractivity contribution in [1.29, 1.82) is 0 Å². The molecule has 8 nitrogen and oxygen atoms in total. The fourth-order valence-electron chi connectivity index (χ4n) is 5.82. The number of piperidine rings is 1. The number of nitrogens with one attached hydrogen (secondary N) is 2. The predicted molar refractivity (Wildman–Crippen MR) is 148 cm³/mol. The lowest BCUT2D eigenvalue weighted by molar-refractivity contribution is -0.0203. The van der Waals surface area contributed by atoms with Gasteiger partial charge in [0, 0.05) is 60.0 Å². The lowest BCUT2D eigenvalue weighted by Gasteiger charge is -2.40. The van der Waals surface area contributed by atoms with Crippen molar-refractivity contribution in [3.8, 4) is 11.5 Å². The highest BCUT2D eigenvalue weighted by Gasteiger charge is 2.33. The maximum Gasteiger partial charge on any atom is 0.240 e. The van der Waals surface area contributed by atoms with Gasteiger partial charge in [0.15, 0.2) is 0 Å². The van der Waals surface area contributed by atoms with E-state index in [2.05, 4.69) is 33.7 Å². The Balaban J connectivity index is 1.56. The lowest BCUT2D eigenvalue weighted by atomic mass is 9.91. The van der Waals surface area contributed by atoms with Gasteiger partial charge in [-0.15, -0.1) is 0 Å². The molecule has 38 heavy (non-hydrogen) atoms. The van der Waals surface area contributed by atoms with Crippen LogP contribution in [-0.4, -0.2) is 58.3 Å². The first-order chi connectivity index (χ1) is 18.4. The summed E-state index contributed by atoms with van der Waals surface area (Å²) in [5.41, 5.74) is 4.42. The number of hydrogen-bond acceptors (Lipinski definition) is 6. The molecule has 2 aromatic carbocycles. The first-order valence-electron chi connectivity index (χ1n) is 13.6. The molecule has 2 N–H and O–H groups in total. The van der Waals surface area contributed by atoms with Crippen LogP contribution in [0.25, 0.3) is 10.9 Å². The van der Waals surface area contributed by atoms with Gasteiger partial charge in [-0.25, -0.2) is 13.1 Å². The zero-order valence-corrected chi connectivity index (χ0v) is 23.4. The number of benzene rings is 2. The van der Waals surface area contributed by atoms with E-state index in [1.165, 1.54) is 7.05 Å². The Morgan fingerprint density at radius 3 is 2.74 bits per heavy atom. The van der Waals surface area contributed by atoms with Crippen LogP contribution in [0.1, 0.15) is 61.3 Å². The minimum atomic E-state index is -3.59. The Morgan fingerprint density at radius 2 is 1.95 bits per heavy atom. The van der Waals surface area contributed by atoms with Crippen LogP contribution in [0.15, 0.2) is 41.4 Å². The Kier molecular flexibility index (Phi) is 8.28. The van der Waals surface area contributed by atoms with Crippen LogP contribution in [0.2, 0.25) is 0 Å². The van der Waals surface area contributed by atoms with Crippen LogP contribution in [-0.2, 0) is 21.3 Å². The maximum atomic E-state index is 12.6. The van der Waals surface area contributed by atoms with Crippen molar-refractivity contribution in [2.45, 2.75) is 69.0 Å². The minimum Gasteiger partial charge on any atom is -0.496 e. The van der Waals surface area contributed by atoms with Crippen molar-refractivity contribution >= 4 is 20.9 Å². The molecular weight excluding hydrogens is 502 g/mol. The topological polar surface area (TPSA) is 92.9 Å². The summed E-state index contributed by atoms with van der Waals surface area (Å²) in [6.07, 6.45) is 8.04. The lowest BCUT2D eigenvalue weighted by Crippen LogP contribution is -2.39. The molecule has 0 radical (unpaired) electrons. The number of aryl methyl sites for hydroxylation is 1. The highest BCUT2D eigenvalue weighted by atomic mass is 32.2. The number of aromatic nitrogens is 1. The highest BCUT2D eigenvalue weighted by Crippen LogP contribution is 2.41. The zero-order chi connectivity index (χ0) is 26.7. The van der Waals surface area contributed by atoms with E-state index < -0.39 is 10.0 Å². The molecule has 1 aromatic heterocycles.